The fourth-order valence-corrected chi connectivity index (χ4v) is 3.45. The third kappa shape index (κ3) is 6.64. The van der Waals surface area contributed by atoms with E-state index in [1.54, 1.807) is 0 Å². The van der Waals surface area contributed by atoms with Crippen LogP contribution in [0, 0.1) is 6.92 Å². The zero-order chi connectivity index (χ0) is 22.2. The van der Waals surface area contributed by atoms with Gasteiger partial charge in [0.2, 0.25) is 5.91 Å². The number of ether oxygens (including phenoxy) is 2. The van der Waals surface area contributed by atoms with Crippen LogP contribution in [0.5, 0.6) is 11.5 Å². The first-order valence-corrected chi connectivity index (χ1v) is 11.5. The van der Waals surface area contributed by atoms with Crippen LogP contribution in [-0.4, -0.2) is 37.7 Å². The maximum atomic E-state index is 11.9. The molecular formula is C25H32N4O3. The molecule has 0 bridgehead atoms. The number of benzene rings is 2. The minimum Gasteiger partial charge on any atom is -0.490 e. The van der Waals surface area contributed by atoms with E-state index in [0.29, 0.717) is 44.7 Å². The van der Waals surface area contributed by atoms with Crippen molar-refractivity contribution in [2.24, 2.45) is 4.99 Å². The van der Waals surface area contributed by atoms with Crippen molar-refractivity contribution in [3.05, 3.63) is 53.6 Å². The van der Waals surface area contributed by atoms with Gasteiger partial charge in [-0.1, -0.05) is 24.3 Å². The number of hydrogen-bond acceptors (Lipinski definition) is 4. The molecule has 2 aliphatic rings. The van der Waals surface area contributed by atoms with Crippen LogP contribution in [0.2, 0.25) is 0 Å². The Balaban J connectivity index is 1.39. The minimum atomic E-state index is 0.128. The van der Waals surface area contributed by atoms with Gasteiger partial charge in [-0.15, -0.1) is 0 Å². The Kier molecular flexibility index (Phi) is 7.48. The number of anilines is 1. The zero-order valence-electron chi connectivity index (χ0n) is 18.7. The number of carbonyl (C=O) groups excluding carboxylic acids is 1. The molecule has 0 saturated heterocycles. The van der Waals surface area contributed by atoms with Crippen molar-refractivity contribution in [2.75, 3.05) is 25.1 Å². The van der Waals surface area contributed by atoms with Crippen LogP contribution < -0.4 is 25.4 Å². The maximum Gasteiger partial charge on any atom is 0.220 e. The Morgan fingerprint density at radius 1 is 1.09 bits per heavy atom. The number of hydrogen-bond donors (Lipinski definition) is 3. The van der Waals surface area contributed by atoms with E-state index in [4.69, 9.17) is 14.5 Å². The second-order valence-corrected chi connectivity index (χ2v) is 8.30. The highest BCUT2D eigenvalue weighted by atomic mass is 16.5. The van der Waals surface area contributed by atoms with Crippen molar-refractivity contribution in [1.29, 1.82) is 0 Å². The summed E-state index contributed by atoms with van der Waals surface area (Å²) < 4.78 is 11.5. The van der Waals surface area contributed by atoms with Gasteiger partial charge in [-0.05, 0) is 49.4 Å². The molecule has 3 N–H and O–H groups in total. The van der Waals surface area contributed by atoms with E-state index in [-0.39, 0.29) is 5.91 Å². The standard InChI is InChI=1S/C25H32N4O3/c1-18-6-2-3-7-19(18)17-27-25(26-13-4-8-24(30)28-20-9-10-20)29-21-11-12-22-23(16-21)32-15-5-14-31-22/h2-3,6-7,11-12,16,20H,4-5,8-10,13-15,17H2,1H3,(H,28,30)(H2,26,27,29). The molecule has 0 unspecified atom stereocenters. The van der Waals surface area contributed by atoms with E-state index in [0.717, 1.165) is 42.9 Å². The lowest BCUT2D eigenvalue weighted by Gasteiger charge is -2.15. The third-order valence-electron chi connectivity index (χ3n) is 5.49. The Morgan fingerprint density at radius 3 is 2.72 bits per heavy atom. The van der Waals surface area contributed by atoms with Crippen molar-refractivity contribution in [2.45, 2.75) is 51.6 Å². The highest BCUT2D eigenvalue weighted by Gasteiger charge is 2.22. The topological polar surface area (TPSA) is 84.0 Å². The van der Waals surface area contributed by atoms with E-state index in [2.05, 4.69) is 35.0 Å². The van der Waals surface area contributed by atoms with Crippen LogP contribution in [0.25, 0.3) is 0 Å². The molecule has 170 valence electrons. The first-order valence-electron chi connectivity index (χ1n) is 11.5. The Labute approximate surface area is 189 Å². The van der Waals surface area contributed by atoms with Crippen LogP contribution in [0.1, 0.15) is 43.2 Å². The van der Waals surface area contributed by atoms with Crippen LogP contribution in [0.4, 0.5) is 5.69 Å². The number of guanidine groups is 1. The average Bonchev–Trinajstić information content (AvgIpc) is 3.62. The third-order valence-corrected chi connectivity index (χ3v) is 5.49. The zero-order valence-corrected chi connectivity index (χ0v) is 18.7. The lowest BCUT2D eigenvalue weighted by molar-refractivity contribution is -0.121. The van der Waals surface area contributed by atoms with Gasteiger partial charge in [0.15, 0.2) is 17.5 Å². The van der Waals surface area contributed by atoms with Crippen molar-refractivity contribution in [3.8, 4) is 11.5 Å². The molecule has 2 aromatic carbocycles. The number of aliphatic imine (C=N–C) groups is 1. The first kappa shape index (κ1) is 22.0. The summed E-state index contributed by atoms with van der Waals surface area (Å²) in [6, 6.07) is 14.5. The minimum absolute atomic E-state index is 0.128. The highest BCUT2D eigenvalue weighted by molar-refractivity contribution is 5.94. The van der Waals surface area contributed by atoms with Crippen molar-refractivity contribution in [1.82, 2.24) is 10.6 Å². The smallest absolute Gasteiger partial charge is 0.220 e. The quantitative estimate of drug-likeness (QED) is 0.333. The van der Waals surface area contributed by atoms with E-state index in [1.165, 1.54) is 11.1 Å². The normalized spacial score (nSPS) is 15.6. The summed E-state index contributed by atoms with van der Waals surface area (Å²) in [6.45, 7) is 4.62. The summed E-state index contributed by atoms with van der Waals surface area (Å²) in [6.07, 6.45) is 4.35. The number of amides is 1. The fourth-order valence-electron chi connectivity index (χ4n) is 3.45. The molecule has 1 saturated carbocycles. The lowest BCUT2D eigenvalue weighted by Crippen LogP contribution is -2.33. The molecule has 1 aliphatic carbocycles. The van der Waals surface area contributed by atoms with Crippen LogP contribution in [-0.2, 0) is 11.3 Å². The van der Waals surface area contributed by atoms with Gasteiger partial charge in [-0.25, -0.2) is 4.99 Å². The number of nitrogens with zero attached hydrogens (tertiary/aromatic N) is 1. The van der Waals surface area contributed by atoms with Crippen LogP contribution in [0.3, 0.4) is 0 Å². The van der Waals surface area contributed by atoms with Crippen LogP contribution >= 0.6 is 0 Å². The SMILES string of the molecule is Cc1ccccc1CN=C(NCCCC(=O)NC1CC1)Nc1ccc2c(c1)OCCCO2. The summed E-state index contributed by atoms with van der Waals surface area (Å²) in [5.41, 5.74) is 3.26. The Hall–Kier alpha value is -3.22. The molecule has 1 aliphatic heterocycles. The molecule has 0 atom stereocenters. The largest absolute Gasteiger partial charge is 0.490 e. The fraction of sp³-hybridized carbons (Fsp3) is 0.440. The predicted molar refractivity (Wildman–Crippen MR) is 126 cm³/mol. The molecule has 7 nitrogen and oxygen atoms in total. The molecular weight excluding hydrogens is 404 g/mol. The first-order chi connectivity index (χ1) is 15.7. The van der Waals surface area contributed by atoms with Gasteiger partial charge in [0.05, 0.1) is 19.8 Å². The summed E-state index contributed by atoms with van der Waals surface area (Å²) >= 11 is 0. The Morgan fingerprint density at radius 2 is 1.91 bits per heavy atom. The molecule has 4 rings (SSSR count). The van der Waals surface area contributed by atoms with Gasteiger partial charge in [0, 0.05) is 37.2 Å². The molecule has 1 heterocycles. The van der Waals surface area contributed by atoms with Gasteiger partial charge < -0.3 is 25.4 Å². The number of aryl methyl sites for hydroxylation is 1. The van der Waals surface area contributed by atoms with Gasteiger partial charge >= 0.3 is 0 Å². The number of carbonyl (C=O) groups is 1. The molecule has 32 heavy (non-hydrogen) atoms. The average molecular weight is 437 g/mol. The molecule has 0 spiro atoms. The molecule has 1 fully saturated rings. The summed E-state index contributed by atoms with van der Waals surface area (Å²) in [5, 5.41) is 9.76. The number of rotatable bonds is 8. The van der Waals surface area contributed by atoms with Gasteiger partial charge in [-0.2, -0.15) is 0 Å². The predicted octanol–water partition coefficient (Wildman–Crippen LogP) is 3.77. The van der Waals surface area contributed by atoms with Crippen LogP contribution in [0.15, 0.2) is 47.5 Å². The molecule has 7 heteroatoms. The van der Waals surface area contributed by atoms with E-state index < -0.39 is 0 Å². The van der Waals surface area contributed by atoms with Gasteiger partial charge in [-0.3, -0.25) is 4.79 Å². The van der Waals surface area contributed by atoms with Gasteiger partial charge in [0.25, 0.3) is 0 Å². The molecule has 0 radical (unpaired) electrons. The molecule has 0 aromatic heterocycles. The monoisotopic (exact) mass is 436 g/mol. The second-order valence-electron chi connectivity index (χ2n) is 8.30. The molecule has 1 amide bonds. The summed E-state index contributed by atoms with van der Waals surface area (Å²) in [5.74, 6) is 2.30. The van der Waals surface area contributed by atoms with Crippen molar-refractivity contribution >= 4 is 17.6 Å². The van der Waals surface area contributed by atoms with E-state index >= 15 is 0 Å². The summed E-state index contributed by atoms with van der Waals surface area (Å²) in [4.78, 5) is 16.7. The lowest BCUT2D eigenvalue weighted by atomic mass is 10.1. The second kappa shape index (κ2) is 10.9. The van der Waals surface area contributed by atoms with E-state index in [1.807, 2.05) is 30.3 Å². The Bertz CT molecular complexity index is 956. The number of nitrogens with one attached hydrogen (secondary N) is 3. The van der Waals surface area contributed by atoms with Crippen molar-refractivity contribution < 1.29 is 14.3 Å². The maximum absolute atomic E-state index is 11.9. The highest BCUT2D eigenvalue weighted by Crippen LogP contribution is 2.32. The van der Waals surface area contributed by atoms with Crippen molar-refractivity contribution in [3.63, 3.8) is 0 Å². The van der Waals surface area contributed by atoms with Gasteiger partial charge in [0.1, 0.15) is 0 Å². The number of fused-ring (bicyclic) bond motifs is 1. The summed E-state index contributed by atoms with van der Waals surface area (Å²) in [7, 11) is 0. The van der Waals surface area contributed by atoms with E-state index in [9.17, 15) is 4.79 Å². The molecule has 2 aromatic rings.